The standard InChI is InChI=1S/C10H21NO2/c1-3-4-5-10(13)11-8-9(2)6-7-12/h9,12H,3-8H2,1-2H3,(H,11,13). The van der Waals surface area contributed by atoms with Crippen molar-refractivity contribution in [3.8, 4) is 0 Å². The molecule has 0 fully saturated rings. The zero-order chi connectivity index (χ0) is 10.1. The normalized spacial score (nSPS) is 12.5. The highest BCUT2D eigenvalue weighted by molar-refractivity contribution is 5.75. The van der Waals surface area contributed by atoms with Gasteiger partial charge in [-0.05, 0) is 18.8 Å². The van der Waals surface area contributed by atoms with E-state index in [1.165, 1.54) is 0 Å². The van der Waals surface area contributed by atoms with Crippen molar-refractivity contribution >= 4 is 5.91 Å². The molecule has 0 aromatic heterocycles. The van der Waals surface area contributed by atoms with Gasteiger partial charge in [-0.3, -0.25) is 4.79 Å². The first kappa shape index (κ1) is 12.4. The number of carbonyl (C=O) groups is 1. The number of aliphatic hydroxyl groups is 1. The third kappa shape index (κ3) is 7.78. The van der Waals surface area contributed by atoms with Gasteiger partial charge < -0.3 is 10.4 Å². The number of hydrogen-bond acceptors (Lipinski definition) is 2. The smallest absolute Gasteiger partial charge is 0.220 e. The Bertz CT molecular complexity index is 137. The molecule has 1 amide bonds. The van der Waals surface area contributed by atoms with E-state index in [1.54, 1.807) is 0 Å². The molecule has 0 aliphatic heterocycles. The lowest BCUT2D eigenvalue weighted by Gasteiger charge is -2.10. The SMILES string of the molecule is CCCCC(=O)NCC(C)CCO. The molecule has 0 spiro atoms. The average molecular weight is 187 g/mol. The second-order valence-electron chi connectivity index (χ2n) is 3.53. The van der Waals surface area contributed by atoms with Gasteiger partial charge in [-0.15, -0.1) is 0 Å². The van der Waals surface area contributed by atoms with E-state index in [-0.39, 0.29) is 12.5 Å². The van der Waals surface area contributed by atoms with Gasteiger partial charge in [0.25, 0.3) is 0 Å². The van der Waals surface area contributed by atoms with Gasteiger partial charge in [0.1, 0.15) is 0 Å². The molecule has 3 nitrogen and oxygen atoms in total. The first-order chi connectivity index (χ1) is 6.20. The Morgan fingerprint density at radius 1 is 1.54 bits per heavy atom. The van der Waals surface area contributed by atoms with E-state index in [1.807, 2.05) is 6.92 Å². The molecule has 0 aromatic rings. The molecule has 1 unspecified atom stereocenters. The van der Waals surface area contributed by atoms with Crippen LogP contribution in [0, 0.1) is 5.92 Å². The number of nitrogens with one attached hydrogen (secondary N) is 1. The van der Waals surface area contributed by atoms with Crippen molar-refractivity contribution in [2.45, 2.75) is 39.5 Å². The monoisotopic (exact) mass is 187 g/mol. The quantitative estimate of drug-likeness (QED) is 0.631. The fraction of sp³-hybridized carbons (Fsp3) is 0.900. The molecule has 2 N–H and O–H groups in total. The Hall–Kier alpha value is -0.570. The lowest BCUT2D eigenvalue weighted by molar-refractivity contribution is -0.121. The summed E-state index contributed by atoms with van der Waals surface area (Å²) < 4.78 is 0. The van der Waals surface area contributed by atoms with Crippen molar-refractivity contribution in [2.75, 3.05) is 13.2 Å². The highest BCUT2D eigenvalue weighted by Gasteiger charge is 2.03. The molecule has 0 heterocycles. The molecule has 0 aliphatic rings. The second-order valence-corrected chi connectivity index (χ2v) is 3.53. The zero-order valence-electron chi connectivity index (χ0n) is 8.68. The number of amides is 1. The number of hydrogen-bond donors (Lipinski definition) is 2. The number of aliphatic hydroxyl groups excluding tert-OH is 1. The summed E-state index contributed by atoms with van der Waals surface area (Å²) in [6, 6.07) is 0. The summed E-state index contributed by atoms with van der Waals surface area (Å²) >= 11 is 0. The van der Waals surface area contributed by atoms with Gasteiger partial charge in [0.2, 0.25) is 5.91 Å². The molecule has 0 radical (unpaired) electrons. The predicted molar refractivity (Wildman–Crippen MR) is 53.4 cm³/mol. The van der Waals surface area contributed by atoms with E-state index in [0.717, 1.165) is 19.3 Å². The minimum absolute atomic E-state index is 0.131. The third-order valence-electron chi connectivity index (χ3n) is 2.03. The van der Waals surface area contributed by atoms with Crippen molar-refractivity contribution in [2.24, 2.45) is 5.92 Å². The Kier molecular flexibility index (Phi) is 7.69. The van der Waals surface area contributed by atoms with Gasteiger partial charge in [0.15, 0.2) is 0 Å². The largest absolute Gasteiger partial charge is 0.396 e. The van der Waals surface area contributed by atoms with Crippen LogP contribution in [0.25, 0.3) is 0 Å². The van der Waals surface area contributed by atoms with Crippen molar-refractivity contribution in [3.05, 3.63) is 0 Å². The fourth-order valence-electron chi connectivity index (χ4n) is 1.04. The Morgan fingerprint density at radius 2 is 2.23 bits per heavy atom. The van der Waals surface area contributed by atoms with Crippen LogP contribution in [0.4, 0.5) is 0 Å². The summed E-state index contributed by atoms with van der Waals surface area (Å²) in [4.78, 5) is 11.1. The predicted octanol–water partition coefficient (Wildman–Crippen LogP) is 1.31. The molecule has 3 heteroatoms. The number of carbonyl (C=O) groups excluding carboxylic acids is 1. The summed E-state index contributed by atoms with van der Waals surface area (Å²) in [5.74, 6) is 0.502. The van der Waals surface area contributed by atoms with Gasteiger partial charge in [-0.1, -0.05) is 20.3 Å². The number of unbranched alkanes of at least 4 members (excludes halogenated alkanes) is 1. The molecular weight excluding hydrogens is 166 g/mol. The number of rotatable bonds is 7. The van der Waals surface area contributed by atoms with Gasteiger partial charge in [-0.2, -0.15) is 0 Å². The molecule has 13 heavy (non-hydrogen) atoms. The lowest BCUT2D eigenvalue weighted by Crippen LogP contribution is -2.28. The van der Waals surface area contributed by atoms with Crippen molar-refractivity contribution in [3.63, 3.8) is 0 Å². The van der Waals surface area contributed by atoms with Crippen LogP contribution in [0.5, 0.6) is 0 Å². The Balaban J connectivity index is 3.34. The van der Waals surface area contributed by atoms with E-state index in [2.05, 4.69) is 12.2 Å². The van der Waals surface area contributed by atoms with Crippen molar-refractivity contribution in [1.82, 2.24) is 5.32 Å². The highest BCUT2D eigenvalue weighted by atomic mass is 16.3. The summed E-state index contributed by atoms with van der Waals surface area (Å²) in [5.41, 5.74) is 0. The maximum atomic E-state index is 11.1. The molecule has 0 aliphatic carbocycles. The summed E-state index contributed by atoms with van der Waals surface area (Å²) in [6.07, 6.45) is 3.40. The molecule has 0 saturated carbocycles. The van der Waals surface area contributed by atoms with Gasteiger partial charge in [-0.25, -0.2) is 0 Å². The fourth-order valence-corrected chi connectivity index (χ4v) is 1.04. The molecular formula is C10H21NO2. The minimum atomic E-state index is 0.131. The molecule has 0 rings (SSSR count). The van der Waals surface area contributed by atoms with Crippen molar-refractivity contribution < 1.29 is 9.90 Å². The maximum Gasteiger partial charge on any atom is 0.220 e. The van der Waals surface area contributed by atoms with Gasteiger partial charge in [0, 0.05) is 19.6 Å². The summed E-state index contributed by atoms with van der Waals surface area (Å²) in [6.45, 7) is 4.98. The van der Waals surface area contributed by atoms with Crippen LogP contribution in [0.1, 0.15) is 39.5 Å². The van der Waals surface area contributed by atoms with E-state index in [4.69, 9.17) is 5.11 Å². The summed E-state index contributed by atoms with van der Waals surface area (Å²) in [7, 11) is 0. The van der Waals surface area contributed by atoms with Crippen LogP contribution in [0.2, 0.25) is 0 Å². The minimum Gasteiger partial charge on any atom is -0.396 e. The van der Waals surface area contributed by atoms with E-state index in [9.17, 15) is 4.79 Å². The van der Waals surface area contributed by atoms with Crippen LogP contribution < -0.4 is 5.32 Å². The summed E-state index contributed by atoms with van der Waals surface area (Å²) in [5, 5.41) is 11.5. The molecule has 0 bridgehead atoms. The second kappa shape index (κ2) is 8.05. The van der Waals surface area contributed by atoms with Crippen LogP contribution >= 0.6 is 0 Å². The van der Waals surface area contributed by atoms with E-state index < -0.39 is 0 Å². The van der Waals surface area contributed by atoms with Crippen LogP contribution in [0.15, 0.2) is 0 Å². The van der Waals surface area contributed by atoms with Crippen LogP contribution in [-0.4, -0.2) is 24.2 Å². The average Bonchev–Trinajstić information content (AvgIpc) is 2.12. The zero-order valence-corrected chi connectivity index (χ0v) is 8.68. The topological polar surface area (TPSA) is 49.3 Å². The van der Waals surface area contributed by atoms with Gasteiger partial charge >= 0.3 is 0 Å². The van der Waals surface area contributed by atoms with Crippen LogP contribution in [0.3, 0.4) is 0 Å². The van der Waals surface area contributed by atoms with E-state index in [0.29, 0.717) is 18.9 Å². The third-order valence-corrected chi connectivity index (χ3v) is 2.03. The molecule has 78 valence electrons. The highest BCUT2D eigenvalue weighted by Crippen LogP contribution is 1.99. The van der Waals surface area contributed by atoms with Gasteiger partial charge in [0.05, 0.1) is 0 Å². The van der Waals surface area contributed by atoms with E-state index >= 15 is 0 Å². The maximum absolute atomic E-state index is 11.1. The molecule has 0 saturated heterocycles. The van der Waals surface area contributed by atoms with Crippen molar-refractivity contribution in [1.29, 1.82) is 0 Å². The Labute approximate surface area is 80.5 Å². The Morgan fingerprint density at radius 3 is 2.77 bits per heavy atom. The molecule has 0 aromatic carbocycles. The van der Waals surface area contributed by atoms with Crippen LogP contribution in [-0.2, 0) is 4.79 Å². The molecule has 1 atom stereocenters. The lowest BCUT2D eigenvalue weighted by atomic mass is 10.1. The first-order valence-corrected chi connectivity index (χ1v) is 5.08. The first-order valence-electron chi connectivity index (χ1n) is 5.08.